The van der Waals surface area contributed by atoms with E-state index in [-0.39, 0.29) is 19.7 Å². The zero-order valence-corrected chi connectivity index (χ0v) is 10.3. The number of likely N-dealkylation sites (tertiary alicyclic amines) is 1. The average molecular weight is 245 g/mol. The molecule has 2 atom stereocenters. The van der Waals surface area contributed by atoms with Crippen LogP contribution in [-0.2, 0) is 9.47 Å². The molecule has 0 unspecified atom stereocenters. The van der Waals surface area contributed by atoms with Gasteiger partial charge >= 0.3 is 6.09 Å². The van der Waals surface area contributed by atoms with Crippen LogP contribution in [0, 0.1) is 0 Å². The normalized spacial score (nSPS) is 31.5. The molecule has 2 fully saturated rings. The predicted molar refractivity (Wildman–Crippen MR) is 58.5 cm³/mol. The molecule has 0 radical (unpaired) electrons. The van der Waals surface area contributed by atoms with Gasteiger partial charge in [-0.05, 0) is 20.8 Å². The van der Waals surface area contributed by atoms with Crippen LogP contribution in [0.5, 0.6) is 0 Å². The Morgan fingerprint density at radius 1 is 1.41 bits per heavy atom. The summed E-state index contributed by atoms with van der Waals surface area (Å²) in [7, 11) is 0. The number of hydrogen-bond donors (Lipinski definition) is 2. The highest BCUT2D eigenvalue weighted by atomic mass is 16.6. The number of nitrogens with zero attached hydrogens (tertiary/aromatic N) is 1. The molecule has 2 saturated heterocycles. The zero-order valence-electron chi connectivity index (χ0n) is 10.3. The smallest absolute Gasteiger partial charge is 0.410 e. The fraction of sp³-hybridized carbons (Fsp3) is 0.909. The second-order valence-electron chi connectivity index (χ2n) is 5.72. The van der Waals surface area contributed by atoms with Gasteiger partial charge in [0.1, 0.15) is 23.4 Å². The highest BCUT2D eigenvalue weighted by Gasteiger charge is 2.58. The minimum absolute atomic E-state index is 0.114. The van der Waals surface area contributed by atoms with Gasteiger partial charge in [-0.2, -0.15) is 0 Å². The molecule has 1 amide bonds. The average Bonchev–Trinajstić information content (AvgIpc) is 2.39. The number of amides is 1. The van der Waals surface area contributed by atoms with Crippen LogP contribution in [0.15, 0.2) is 0 Å². The molecule has 2 rings (SSSR count). The van der Waals surface area contributed by atoms with Crippen LogP contribution in [0.4, 0.5) is 4.79 Å². The molecule has 6 heteroatoms. The maximum Gasteiger partial charge on any atom is 0.410 e. The van der Waals surface area contributed by atoms with Crippen molar-refractivity contribution >= 4 is 6.09 Å². The molecule has 98 valence electrons. The number of aliphatic hydroxyl groups is 2. The van der Waals surface area contributed by atoms with Gasteiger partial charge in [0.2, 0.25) is 0 Å². The standard InChI is InChI=1S/C11H19NO5/c1-10(2,3)17-9(15)12-5-11(6-12)8(14)7(13)4-16-11/h7-8,13-14H,4-6H2,1-3H3/t7-,8-/m1/s1. The lowest BCUT2D eigenvalue weighted by Gasteiger charge is -2.48. The van der Waals surface area contributed by atoms with Gasteiger partial charge in [0.15, 0.2) is 0 Å². The second kappa shape index (κ2) is 3.83. The third kappa shape index (κ3) is 2.25. The van der Waals surface area contributed by atoms with Crippen molar-refractivity contribution in [2.45, 2.75) is 44.2 Å². The first kappa shape index (κ1) is 12.6. The summed E-state index contributed by atoms with van der Waals surface area (Å²) in [6.45, 7) is 6.03. The van der Waals surface area contributed by atoms with E-state index in [2.05, 4.69) is 0 Å². The van der Waals surface area contributed by atoms with Gasteiger partial charge in [0, 0.05) is 0 Å². The minimum Gasteiger partial charge on any atom is -0.444 e. The van der Waals surface area contributed by atoms with E-state index < -0.39 is 29.5 Å². The van der Waals surface area contributed by atoms with Gasteiger partial charge in [-0.15, -0.1) is 0 Å². The van der Waals surface area contributed by atoms with Crippen molar-refractivity contribution in [2.24, 2.45) is 0 Å². The van der Waals surface area contributed by atoms with Crippen molar-refractivity contribution in [3.05, 3.63) is 0 Å². The molecular weight excluding hydrogens is 226 g/mol. The molecule has 2 aliphatic heterocycles. The minimum atomic E-state index is -0.929. The van der Waals surface area contributed by atoms with Crippen LogP contribution in [-0.4, -0.2) is 64.3 Å². The van der Waals surface area contributed by atoms with Crippen LogP contribution in [0.25, 0.3) is 0 Å². The van der Waals surface area contributed by atoms with E-state index >= 15 is 0 Å². The first-order valence-electron chi connectivity index (χ1n) is 5.71. The third-order valence-corrected chi connectivity index (χ3v) is 3.01. The molecule has 0 saturated carbocycles. The summed E-state index contributed by atoms with van der Waals surface area (Å²) >= 11 is 0. The van der Waals surface area contributed by atoms with E-state index in [1.165, 1.54) is 4.90 Å². The monoisotopic (exact) mass is 245 g/mol. The Labute approximate surface area is 100 Å². The Morgan fingerprint density at radius 3 is 2.41 bits per heavy atom. The lowest BCUT2D eigenvalue weighted by Crippen LogP contribution is -2.69. The van der Waals surface area contributed by atoms with Crippen LogP contribution in [0.2, 0.25) is 0 Å². The van der Waals surface area contributed by atoms with Gasteiger partial charge in [0.05, 0.1) is 19.7 Å². The lowest BCUT2D eigenvalue weighted by atomic mass is 9.88. The summed E-state index contributed by atoms with van der Waals surface area (Å²) in [6, 6.07) is 0. The van der Waals surface area contributed by atoms with E-state index in [9.17, 15) is 15.0 Å². The summed E-state index contributed by atoms with van der Waals surface area (Å²) in [6.07, 6.45) is -2.21. The van der Waals surface area contributed by atoms with Crippen molar-refractivity contribution in [3.8, 4) is 0 Å². The highest BCUT2D eigenvalue weighted by Crippen LogP contribution is 2.36. The Kier molecular flexibility index (Phi) is 2.84. The number of carbonyl (C=O) groups is 1. The van der Waals surface area contributed by atoms with E-state index in [0.29, 0.717) is 0 Å². The van der Waals surface area contributed by atoms with Crippen molar-refractivity contribution in [1.29, 1.82) is 0 Å². The fourth-order valence-electron chi connectivity index (χ4n) is 2.11. The summed E-state index contributed by atoms with van der Waals surface area (Å²) < 4.78 is 10.6. The largest absolute Gasteiger partial charge is 0.444 e. The number of hydrogen-bond acceptors (Lipinski definition) is 5. The zero-order chi connectivity index (χ0) is 12.8. The molecule has 0 aromatic heterocycles. The second-order valence-corrected chi connectivity index (χ2v) is 5.72. The van der Waals surface area contributed by atoms with E-state index in [4.69, 9.17) is 9.47 Å². The van der Waals surface area contributed by atoms with Crippen molar-refractivity contribution in [1.82, 2.24) is 4.90 Å². The van der Waals surface area contributed by atoms with Gasteiger partial charge in [-0.1, -0.05) is 0 Å². The Balaban J connectivity index is 1.89. The molecule has 6 nitrogen and oxygen atoms in total. The van der Waals surface area contributed by atoms with Crippen molar-refractivity contribution < 1.29 is 24.5 Å². The number of ether oxygens (including phenoxy) is 2. The lowest BCUT2D eigenvalue weighted by molar-refractivity contribution is -0.150. The highest BCUT2D eigenvalue weighted by molar-refractivity contribution is 5.69. The molecule has 17 heavy (non-hydrogen) atoms. The van der Waals surface area contributed by atoms with Gasteiger partial charge in [-0.25, -0.2) is 4.79 Å². The molecule has 0 aromatic rings. The van der Waals surface area contributed by atoms with Crippen LogP contribution in [0.1, 0.15) is 20.8 Å². The van der Waals surface area contributed by atoms with E-state index in [1.54, 1.807) is 20.8 Å². The van der Waals surface area contributed by atoms with E-state index in [1.807, 2.05) is 0 Å². The topological polar surface area (TPSA) is 79.2 Å². The Bertz CT molecular complexity index is 318. The molecule has 0 aliphatic carbocycles. The molecule has 2 aliphatic rings. The van der Waals surface area contributed by atoms with Gasteiger partial charge in [-0.3, -0.25) is 0 Å². The van der Waals surface area contributed by atoms with Crippen molar-refractivity contribution in [3.63, 3.8) is 0 Å². The third-order valence-electron chi connectivity index (χ3n) is 3.01. The number of carbonyl (C=O) groups excluding carboxylic acids is 1. The quantitative estimate of drug-likeness (QED) is 0.614. The van der Waals surface area contributed by atoms with Gasteiger partial charge < -0.3 is 24.6 Å². The molecule has 2 N–H and O–H groups in total. The maximum absolute atomic E-state index is 11.7. The fourth-order valence-corrected chi connectivity index (χ4v) is 2.11. The predicted octanol–water partition coefficient (Wildman–Crippen LogP) is -0.272. The number of rotatable bonds is 0. The first-order chi connectivity index (χ1) is 7.73. The molecule has 0 bridgehead atoms. The van der Waals surface area contributed by atoms with Crippen LogP contribution < -0.4 is 0 Å². The summed E-state index contributed by atoms with van der Waals surface area (Å²) in [4.78, 5) is 13.1. The van der Waals surface area contributed by atoms with Crippen LogP contribution >= 0.6 is 0 Å². The SMILES string of the molecule is CC(C)(C)OC(=O)N1CC2(C1)OC[C@@H](O)[C@H]2O. The summed E-state index contributed by atoms with van der Waals surface area (Å²) in [5.41, 5.74) is -1.33. The molecule has 1 spiro atoms. The van der Waals surface area contributed by atoms with Gasteiger partial charge in [0.25, 0.3) is 0 Å². The molecule has 0 aromatic carbocycles. The Morgan fingerprint density at radius 2 is 2.00 bits per heavy atom. The summed E-state index contributed by atoms with van der Waals surface area (Å²) in [5.74, 6) is 0. The van der Waals surface area contributed by atoms with E-state index in [0.717, 1.165) is 0 Å². The molecule has 2 heterocycles. The van der Waals surface area contributed by atoms with Crippen molar-refractivity contribution in [2.75, 3.05) is 19.7 Å². The number of aliphatic hydroxyl groups excluding tert-OH is 2. The first-order valence-corrected chi connectivity index (χ1v) is 5.71. The summed E-state index contributed by atoms with van der Waals surface area (Å²) in [5, 5.41) is 19.1. The Hall–Kier alpha value is -0.850. The molecular formula is C11H19NO5. The van der Waals surface area contributed by atoms with Crippen LogP contribution in [0.3, 0.4) is 0 Å². The maximum atomic E-state index is 11.7.